The lowest BCUT2D eigenvalue weighted by Gasteiger charge is -2.36. The molecule has 1 aliphatic rings. The monoisotopic (exact) mass is 252 g/mol. The zero-order chi connectivity index (χ0) is 13.3. The Morgan fingerprint density at radius 2 is 2.22 bits per heavy atom. The summed E-state index contributed by atoms with van der Waals surface area (Å²) >= 11 is 0. The van der Waals surface area contributed by atoms with E-state index in [1.165, 1.54) is 0 Å². The van der Waals surface area contributed by atoms with Crippen molar-refractivity contribution in [3.63, 3.8) is 0 Å². The summed E-state index contributed by atoms with van der Waals surface area (Å²) in [4.78, 5) is 17.6. The minimum Gasteiger partial charge on any atom is -0.480 e. The second kappa shape index (κ2) is 5.10. The summed E-state index contributed by atoms with van der Waals surface area (Å²) in [7, 11) is 0. The maximum Gasteiger partial charge on any atom is 0.320 e. The van der Waals surface area contributed by atoms with E-state index in [1.807, 2.05) is 25.7 Å². The van der Waals surface area contributed by atoms with Crippen LogP contribution in [-0.4, -0.2) is 33.5 Å². The third-order valence-electron chi connectivity index (χ3n) is 3.65. The molecule has 0 saturated carbocycles. The average Bonchev–Trinajstić information content (AvgIpc) is 2.67. The molecular weight excluding hydrogens is 232 g/mol. The third-order valence-corrected chi connectivity index (χ3v) is 3.65. The lowest BCUT2D eigenvalue weighted by Crippen LogP contribution is -2.45. The van der Waals surface area contributed by atoms with E-state index in [2.05, 4.69) is 4.98 Å². The first-order valence-corrected chi connectivity index (χ1v) is 6.43. The van der Waals surface area contributed by atoms with Gasteiger partial charge in [0, 0.05) is 6.92 Å². The molecule has 2 unspecified atom stereocenters. The van der Waals surface area contributed by atoms with Crippen molar-refractivity contribution >= 4 is 5.97 Å². The zero-order valence-electron chi connectivity index (χ0n) is 11.1. The van der Waals surface area contributed by atoms with E-state index < -0.39 is 12.0 Å². The minimum absolute atomic E-state index is 0.0346. The normalized spacial score (nSPS) is 22.9. The highest BCUT2D eigenvalue weighted by molar-refractivity contribution is 5.73. The molecule has 5 heteroatoms. The number of oxazole rings is 1. The van der Waals surface area contributed by atoms with Crippen LogP contribution >= 0.6 is 0 Å². The molecule has 18 heavy (non-hydrogen) atoms. The van der Waals surface area contributed by atoms with Gasteiger partial charge in [0.05, 0.1) is 11.7 Å². The second-order valence-corrected chi connectivity index (χ2v) is 4.95. The Hall–Kier alpha value is -1.36. The van der Waals surface area contributed by atoms with E-state index in [0.717, 1.165) is 30.8 Å². The number of likely N-dealkylation sites (tertiary alicyclic amines) is 1. The fourth-order valence-corrected chi connectivity index (χ4v) is 2.77. The molecule has 0 bridgehead atoms. The van der Waals surface area contributed by atoms with Gasteiger partial charge < -0.3 is 9.52 Å². The molecule has 0 aliphatic carbocycles. The van der Waals surface area contributed by atoms with Gasteiger partial charge in [0.25, 0.3) is 0 Å². The van der Waals surface area contributed by atoms with Gasteiger partial charge in [-0.25, -0.2) is 4.98 Å². The molecule has 0 aromatic carbocycles. The van der Waals surface area contributed by atoms with Gasteiger partial charge in [-0.1, -0.05) is 6.42 Å². The second-order valence-electron chi connectivity index (χ2n) is 4.95. The van der Waals surface area contributed by atoms with Gasteiger partial charge in [-0.3, -0.25) is 9.69 Å². The first kappa shape index (κ1) is 13.1. The van der Waals surface area contributed by atoms with Crippen molar-refractivity contribution in [2.45, 2.75) is 52.1 Å². The predicted molar refractivity (Wildman–Crippen MR) is 66.4 cm³/mol. The maximum absolute atomic E-state index is 11.3. The van der Waals surface area contributed by atoms with E-state index in [1.54, 1.807) is 0 Å². The number of aliphatic carboxylic acids is 1. The van der Waals surface area contributed by atoms with Crippen LogP contribution in [0.5, 0.6) is 0 Å². The van der Waals surface area contributed by atoms with Crippen molar-refractivity contribution in [1.82, 2.24) is 9.88 Å². The van der Waals surface area contributed by atoms with E-state index in [9.17, 15) is 9.90 Å². The Bertz CT molecular complexity index is 441. The molecule has 5 nitrogen and oxygen atoms in total. The highest BCUT2D eigenvalue weighted by Gasteiger charge is 2.34. The van der Waals surface area contributed by atoms with Gasteiger partial charge in [0.2, 0.25) is 0 Å². The highest BCUT2D eigenvalue weighted by atomic mass is 16.4. The first-order valence-electron chi connectivity index (χ1n) is 6.43. The van der Waals surface area contributed by atoms with Crippen LogP contribution in [0.25, 0.3) is 0 Å². The Balaban J connectivity index is 2.23. The Labute approximate surface area is 107 Å². The third kappa shape index (κ3) is 2.41. The molecule has 1 fully saturated rings. The van der Waals surface area contributed by atoms with Crippen LogP contribution in [0.2, 0.25) is 0 Å². The van der Waals surface area contributed by atoms with E-state index in [4.69, 9.17) is 4.42 Å². The number of rotatable bonds is 3. The molecule has 0 radical (unpaired) electrons. The number of hydrogen-bond acceptors (Lipinski definition) is 4. The summed E-state index contributed by atoms with van der Waals surface area (Å²) < 4.78 is 5.61. The molecule has 1 aromatic heterocycles. The van der Waals surface area contributed by atoms with Crippen LogP contribution in [0, 0.1) is 13.8 Å². The van der Waals surface area contributed by atoms with Crippen LogP contribution < -0.4 is 0 Å². The molecule has 1 saturated heterocycles. The number of hydrogen-bond donors (Lipinski definition) is 1. The fraction of sp³-hybridized carbons (Fsp3) is 0.692. The molecule has 2 heterocycles. The summed E-state index contributed by atoms with van der Waals surface area (Å²) in [5.41, 5.74) is 0.856. The Morgan fingerprint density at radius 1 is 1.50 bits per heavy atom. The number of nitrogens with zero attached hydrogens (tertiary/aromatic N) is 2. The first-order chi connectivity index (χ1) is 8.50. The van der Waals surface area contributed by atoms with E-state index in [-0.39, 0.29) is 6.04 Å². The van der Waals surface area contributed by atoms with Crippen LogP contribution in [0.15, 0.2) is 4.42 Å². The average molecular weight is 252 g/mol. The molecule has 100 valence electrons. The molecule has 2 rings (SSSR count). The minimum atomic E-state index is -0.740. The highest BCUT2D eigenvalue weighted by Crippen LogP contribution is 2.30. The van der Waals surface area contributed by atoms with Crippen molar-refractivity contribution in [2.24, 2.45) is 0 Å². The van der Waals surface area contributed by atoms with Gasteiger partial charge in [0.1, 0.15) is 11.8 Å². The molecule has 0 amide bonds. The smallest absolute Gasteiger partial charge is 0.320 e. The predicted octanol–water partition coefficient (Wildman–Crippen LogP) is 2.29. The summed E-state index contributed by atoms with van der Waals surface area (Å²) in [5, 5.41) is 9.29. The van der Waals surface area contributed by atoms with Gasteiger partial charge in [-0.2, -0.15) is 0 Å². The molecule has 2 atom stereocenters. The summed E-state index contributed by atoms with van der Waals surface area (Å²) in [5.74, 6) is 0.689. The summed E-state index contributed by atoms with van der Waals surface area (Å²) in [6.45, 7) is 6.52. The van der Waals surface area contributed by atoms with Crippen molar-refractivity contribution in [3.05, 3.63) is 17.3 Å². The van der Waals surface area contributed by atoms with Crippen LogP contribution in [0.3, 0.4) is 0 Å². The zero-order valence-corrected chi connectivity index (χ0v) is 11.1. The van der Waals surface area contributed by atoms with Crippen LogP contribution in [0.1, 0.15) is 49.6 Å². The topological polar surface area (TPSA) is 66.6 Å². The number of carboxylic acid groups (broad SMARTS) is 1. The molecule has 1 aliphatic heterocycles. The van der Waals surface area contributed by atoms with E-state index >= 15 is 0 Å². The van der Waals surface area contributed by atoms with Gasteiger partial charge in [-0.05, 0) is 33.2 Å². The number of carbonyl (C=O) groups is 1. The largest absolute Gasteiger partial charge is 0.480 e. The maximum atomic E-state index is 11.3. The van der Waals surface area contributed by atoms with Crippen molar-refractivity contribution < 1.29 is 14.3 Å². The standard InChI is InChI=1S/C13H20N2O3/c1-8-12(18-10(3)14-8)9(2)15-7-5-4-6-11(15)13(16)17/h9,11H,4-7H2,1-3H3,(H,16,17). The van der Waals surface area contributed by atoms with E-state index in [0.29, 0.717) is 12.3 Å². The Morgan fingerprint density at radius 3 is 2.78 bits per heavy atom. The molecular formula is C13H20N2O3. The SMILES string of the molecule is Cc1nc(C)c(C(C)N2CCCCC2C(=O)O)o1. The number of aryl methyl sites for hydroxylation is 2. The van der Waals surface area contributed by atoms with Crippen molar-refractivity contribution in [1.29, 1.82) is 0 Å². The van der Waals surface area contributed by atoms with Crippen molar-refractivity contribution in [3.8, 4) is 0 Å². The van der Waals surface area contributed by atoms with Gasteiger partial charge in [-0.15, -0.1) is 0 Å². The lowest BCUT2D eigenvalue weighted by atomic mass is 9.99. The fourth-order valence-electron chi connectivity index (χ4n) is 2.77. The van der Waals surface area contributed by atoms with Crippen LogP contribution in [0.4, 0.5) is 0 Å². The number of aromatic nitrogens is 1. The van der Waals surface area contributed by atoms with Gasteiger partial charge in [0.15, 0.2) is 5.89 Å². The Kier molecular flexibility index (Phi) is 3.71. The number of carboxylic acids is 1. The lowest BCUT2D eigenvalue weighted by molar-refractivity contribution is -0.145. The van der Waals surface area contributed by atoms with Crippen molar-refractivity contribution in [2.75, 3.05) is 6.54 Å². The molecule has 1 aromatic rings. The van der Waals surface area contributed by atoms with Gasteiger partial charge >= 0.3 is 5.97 Å². The quantitative estimate of drug-likeness (QED) is 0.894. The molecule has 0 spiro atoms. The van der Waals surface area contributed by atoms with Crippen LogP contribution in [-0.2, 0) is 4.79 Å². The molecule has 1 N–H and O–H groups in total. The summed E-state index contributed by atoms with van der Waals surface area (Å²) in [6.07, 6.45) is 2.74. The number of piperidine rings is 1. The summed E-state index contributed by atoms with van der Waals surface area (Å²) in [6, 6.07) is -0.439.